The van der Waals surface area contributed by atoms with E-state index >= 15 is 0 Å². The van der Waals surface area contributed by atoms with Crippen LogP contribution in [0.4, 0.5) is 5.69 Å². The average Bonchev–Trinajstić information content (AvgIpc) is 3.01. The van der Waals surface area contributed by atoms with E-state index in [1.807, 2.05) is 24.3 Å². The molecule has 0 aliphatic carbocycles. The fraction of sp³-hybridized carbons (Fsp3) is 0.438. The van der Waals surface area contributed by atoms with Gasteiger partial charge in [-0.05, 0) is 36.2 Å². The largest absolute Gasteiger partial charge is 0.497 e. The second kappa shape index (κ2) is 15.4. The highest BCUT2D eigenvalue weighted by Gasteiger charge is 2.32. The fourth-order valence-corrected chi connectivity index (χ4v) is 5.95. The first kappa shape index (κ1) is 31.1. The Kier molecular flexibility index (Phi) is 11.7. The van der Waals surface area contributed by atoms with Crippen LogP contribution in [0.5, 0.6) is 23.0 Å². The maximum absolute atomic E-state index is 6.08. The third-order valence-electron chi connectivity index (χ3n) is 7.58. The van der Waals surface area contributed by atoms with Crippen LogP contribution in [0.25, 0.3) is 0 Å². The lowest BCUT2D eigenvalue weighted by molar-refractivity contribution is -0.00978. The van der Waals surface area contributed by atoms with Gasteiger partial charge in [-0.25, -0.2) is 0 Å². The van der Waals surface area contributed by atoms with Crippen molar-refractivity contribution in [2.45, 2.75) is 25.7 Å². The summed E-state index contributed by atoms with van der Waals surface area (Å²) in [4.78, 5) is 7.27. The summed E-state index contributed by atoms with van der Waals surface area (Å²) in [5.41, 5.74) is 4.59. The second-order valence-corrected chi connectivity index (χ2v) is 10.7. The van der Waals surface area contributed by atoms with E-state index in [-0.39, 0.29) is 6.17 Å². The van der Waals surface area contributed by atoms with E-state index in [1.54, 1.807) is 28.4 Å². The average molecular weight is 603 g/mol. The Bertz CT molecular complexity index is 1170. The molecule has 0 saturated carbocycles. The molecule has 1 aliphatic heterocycles. The van der Waals surface area contributed by atoms with Crippen LogP contribution in [0.1, 0.15) is 29.3 Å². The first-order valence-corrected chi connectivity index (χ1v) is 15.0. The number of rotatable bonds is 14. The summed E-state index contributed by atoms with van der Waals surface area (Å²) < 4.78 is 22.4. The van der Waals surface area contributed by atoms with Crippen LogP contribution in [0, 0.1) is 0 Å². The van der Waals surface area contributed by atoms with Crippen molar-refractivity contribution >= 4 is 28.9 Å². The van der Waals surface area contributed by atoms with E-state index in [9.17, 15) is 0 Å². The molecule has 1 saturated heterocycles. The SMILES string of the molecule is COc1ccc(CN2CCCN(Cc3ccc(OC)cc3OC)C2c2ccc(N(CCCl)CCCl)cc2)c(OC)c1. The van der Waals surface area contributed by atoms with Gasteiger partial charge < -0.3 is 23.8 Å². The van der Waals surface area contributed by atoms with Gasteiger partial charge in [0.25, 0.3) is 0 Å². The highest BCUT2D eigenvalue weighted by Crippen LogP contribution is 2.37. The Morgan fingerprint density at radius 3 is 1.59 bits per heavy atom. The van der Waals surface area contributed by atoms with Gasteiger partial charge in [-0.3, -0.25) is 9.80 Å². The zero-order valence-electron chi connectivity index (χ0n) is 24.4. The first-order chi connectivity index (χ1) is 20.0. The van der Waals surface area contributed by atoms with E-state index < -0.39 is 0 Å². The number of methoxy groups -OCH3 is 4. The van der Waals surface area contributed by atoms with Crippen LogP contribution in [0.2, 0.25) is 0 Å². The molecule has 7 nitrogen and oxygen atoms in total. The number of nitrogens with zero attached hydrogens (tertiary/aromatic N) is 3. The lowest BCUT2D eigenvalue weighted by Gasteiger charge is -2.44. The summed E-state index contributed by atoms with van der Waals surface area (Å²) in [7, 11) is 6.76. The topological polar surface area (TPSA) is 46.6 Å². The lowest BCUT2D eigenvalue weighted by Crippen LogP contribution is -2.47. The summed E-state index contributed by atoms with van der Waals surface area (Å²) in [5, 5.41) is 0. The molecule has 0 unspecified atom stereocenters. The highest BCUT2D eigenvalue weighted by atomic mass is 35.5. The number of hydrogen-bond acceptors (Lipinski definition) is 7. The van der Waals surface area contributed by atoms with E-state index in [2.05, 4.69) is 51.1 Å². The van der Waals surface area contributed by atoms with Gasteiger partial charge in [-0.1, -0.05) is 24.3 Å². The Hall–Kier alpha value is -2.84. The molecule has 9 heteroatoms. The van der Waals surface area contributed by atoms with Gasteiger partial charge in [0, 0.05) is 80.0 Å². The molecule has 1 aliphatic rings. The molecule has 0 amide bonds. The monoisotopic (exact) mass is 601 g/mol. The number of benzene rings is 3. The van der Waals surface area contributed by atoms with E-state index in [4.69, 9.17) is 42.1 Å². The van der Waals surface area contributed by atoms with Crippen molar-refractivity contribution in [3.8, 4) is 23.0 Å². The molecule has 41 heavy (non-hydrogen) atoms. The number of anilines is 1. The predicted octanol–water partition coefficient (Wildman–Crippen LogP) is 6.41. The van der Waals surface area contributed by atoms with E-state index in [0.717, 1.165) is 85.5 Å². The molecule has 0 N–H and O–H groups in total. The normalized spacial score (nSPS) is 14.6. The third-order valence-corrected chi connectivity index (χ3v) is 7.92. The molecule has 0 radical (unpaired) electrons. The van der Waals surface area contributed by atoms with Gasteiger partial charge in [0.05, 0.1) is 34.6 Å². The number of alkyl halides is 2. The standard InChI is InChI=1S/C32H41Cl2N3O4/c1-38-28-12-8-25(30(20-28)40-3)22-36-16-5-17-37(23-26-9-13-29(39-2)21-31(26)41-4)32(36)24-6-10-27(11-7-24)35(18-14-33)19-15-34/h6-13,20-21,32H,5,14-19,22-23H2,1-4H3. The quantitative estimate of drug-likeness (QED) is 0.198. The van der Waals surface area contributed by atoms with Gasteiger partial charge in [0.1, 0.15) is 23.0 Å². The van der Waals surface area contributed by atoms with Gasteiger partial charge in [-0.2, -0.15) is 0 Å². The van der Waals surface area contributed by atoms with Crippen molar-refractivity contribution < 1.29 is 18.9 Å². The van der Waals surface area contributed by atoms with Crippen LogP contribution in [0.3, 0.4) is 0 Å². The summed E-state index contributed by atoms with van der Waals surface area (Å²) in [6.45, 7) is 4.90. The van der Waals surface area contributed by atoms with Crippen LogP contribution >= 0.6 is 23.2 Å². The summed E-state index contributed by atoms with van der Waals surface area (Å²) in [5.74, 6) is 4.31. The summed E-state index contributed by atoms with van der Waals surface area (Å²) in [6.07, 6.45) is 1.09. The van der Waals surface area contributed by atoms with Crippen LogP contribution < -0.4 is 23.8 Å². The lowest BCUT2D eigenvalue weighted by atomic mass is 10.0. The maximum atomic E-state index is 6.08. The molecule has 222 valence electrons. The van der Waals surface area contributed by atoms with E-state index in [1.165, 1.54) is 5.56 Å². The molecular formula is C32H41Cl2N3O4. The zero-order valence-corrected chi connectivity index (χ0v) is 26.0. The van der Waals surface area contributed by atoms with Crippen molar-refractivity contribution in [1.82, 2.24) is 9.80 Å². The molecule has 0 bridgehead atoms. The molecule has 0 spiro atoms. The van der Waals surface area contributed by atoms with Crippen molar-refractivity contribution in [3.05, 3.63) is 77.4 Å². The summed E-state index contributed by atoms with van der Waals surface area (Å²) >= 11 is 12.2. The van der Waals surface area contributed by atoms with Gasteiger partial charge >= 0.3 is 0 Å². The van der Waals surface area contributed by atoms with Crippen molar-refractivity contribution in [2.24, 2.45) is 0 Å². The smallest absolute Gasteiger partial charge is 0.127 e. The zero-order chi connectivity index (χ0) is 29.2. The Labute approximate surface area is 254 Å². The molecule has 0 aromatic heterocycles. The maximum Gasteiger partial charge on any atom is 0.127 e. The number of ether oxygens (including phenoxy) is 4. The molecule has 0 atom stereocenters. The second-order valence-electron chi connectivity index (χ2n) is 9.98. The molecular weight excluding hydrogens is 561 g/mol. The fourth-order valence-electron chi connectivity index (χ4n) is 5.54. The van der Waals surface area contributed by atoms with Crippen molar-refractivity contribution in [1.29, 1.82) is 0 Å². The molecule has 1 fully saturated rings. The minimum atomic E-state index is 0.0471. The minimum absolute atomic E-state index is 0.0471. The summed E-state index contributed by atoms with van der Waals surface area (Å²) in [6, 6.07) is 20.9. The Morgan fingerprint density at radius 2 is 1.17 bits per heavy atom. The highest BCUT2D eigenvalue weighted by molar-refractivity contribution is 6.18. The molecule has 3 aromatic rings. The third kappa shape index (κ3) is 7.72. The first-order valence-electron chi connectivity index (χ1n) is 13.9. The van der Waals surface area contributed by atoms with Crippen molar-refractivity contribution in [2.75, 3.05) is 71.3 Å². The van der Waals surface area contributed by atoms with Gasteiger partial charge in [0.2, 0.25) is 0 Å². The van der Waals surface area contributed by atoms with Crippen LogP contribution in [-0.2, 0) is 13.1 Å². The minimum Gasteiger partial charge on any atom is -0.497 e. The van der Waals surface area contributed by atoms with Gasteiger partial charge in [0.15, 0.2) is 0 Å². The Morgan fingerprint density at radius 1 is 0.683 bits per heavy atom. The van der Waals surface area contributed by atoms with E-state index in [0.29, 0.717) is 11.8 Å². The molecule has 3 aromatic carbocycles. The van der Waals surface area contributed by atoms with Crippen LogP contribution in [0.15, 0.2) is 60.7 Å². The van der Waals surface area contributed by atoms with Crippen LogP contribution in [-0.4, -0.2) is 76.2 Å². The molecule has 1 heterocycles. The van der Waals surface area contributed by atoms with Gasteiger partial charge in [-0.15, -0.1) is 23.2 Å². The Balaban J connectivity index is 1.69. The predicted molar refractivity (Wildman–Crippen MR) is 167 cm³/mol. The number of halogens is 2. The number of hydrogen-bond donors (Lipinski definition) is 0. The van der Waals surface area contributed by atoms with Crippen molar-refractivity contribution in [3.63, 3.8) is 0 Å². The molecule has 4 rings (SSSR count).